The molecule has 0 spiro atoms. The first-order valence-corrected chi connectivity index (χ1v) is 7.61. The number of piperazine rings is 1. The van der Waals surface area contributed by atoms with E-state index in [4.69, 9.17) is 10.00 Å². The van der Waals surface area contributed by atoms with E-state index < -0.39 is 0 Å². The monoisotopic (exact) mass is 302 g/mol. The number of hydrogen-bond acceptors (Lipinski definition) is 4. The van der Waals surface area contributed by atoms with Crippen molar-refractivity contribution in [2.24, 2.45) is 0 Å². The molecule has 1 fully saturated rings. The van der Waals surface area contributed by atoms with Crippen LogP contribution in [0.3, 0.4) is 0 Å². The van der Waals surface area contributed by atoms with Gasteiger partial charge in [-0.2, -0.15) is 5.26 Å². The Balaban J connectivity index is 1.66. The average Bonchev–Trinajstić information content (AvgIpc) is 2.56. The molecule has 1 aromatic carbocycles. The minimum absolute atomic E-state index is 0.0241. The van der Waals surface area contributed by atoms with Crippen LogP contribution in [0.15, 0.2) is 24.3 Å². The van der Waals surface area contributed by atoms with Gasteiger partial charge in [0.05, 0.1) is 11.6 Å². The summed E-state index contributed by atoms with van der Waals surface area (Å²) in [4.78, 5) is 15.8. The van der Waals surface area contributed by atoms with Crippen molar-refractivity contribution in [2.75, 3.05) is 45.9 Å². The minimum Gasteiger partial charge on any atom is -0.492 e. The van der Waals surface area contributed by atoms with Crippen molar-refractivity contribution in [3.63, 3.8) is 0 Å². The quantitative estimate of drug-likeness (QED) is 0.890. The molecule has 118 valence electrons. The third-order valence-electron chi connectivity index (χ3n) is 3.65. The third kappa shape index (κ3) is 4.64. The van der Waals surface area contributed by atoms with E-state index in [2.05, 4.69) is 16.3 Å². The maximum atomic E-state index is 11.7. The van der Waals surface area contributed by atoms with E-state index in [0.717, 1.165) is 38.5 Å². The molecule has 22 heavy (non-hydrogen) atoms. The Bertz CT molecular complexity index is 516. The summed E-state index contributed by atoms with van der Waals surface area (Å²) in [7, 11) is 0. The minimum atomic E-state index is 0.0241. The van der Waals surface area contributed by atoms with Crippen molar-refractivity contribution in [2.45, 2.75) is 6.92 Å². The predicted octanol–water partition coefficient (Wildman–Crippen LogP) is 1.28. The largest absolute Gasteiger partial charge is 0.492 e. The molecule has 1 aliphatic heterocycles. The van der Waals surface area contributed by atoms with Crippen molar-refractivity contribution < 1.29 is 9.53 Å². The van der Waals surface area contributed by atoms with Crippen LogP contribution in [0.4, 0.5) is 4.79 Å². The van der Waals surface area contributed by atoms with Gasteiger partial charge in [-0.05, 0) is 31.2 Å². The predicted molar refractivity (Wildman–Crippen MR) is 83.7 cm³/mol. The first kappa shape index (κ1) is 16.1. The van der Waals surface area contributed by atoms with Crippen LogP contribution < -0.4 is 10.1 Å². The van der Waals surface area contributed by atoms with Crippen LogP contribution in [-0.4, -0.2) is 61.7 Å². The SMILES string of the molecule is CCNC(=O)N1CCN(CCOc2ccc(C#N)cc2)CC1. The van der Waals surface area contributed by atoms with Crippen LogP contribution in [0.1, 0.15) is 12.5 Å². The second kappa shape index (κ2) is 8.25. The van der Waals surface area contributed by atoms with E-state index in [9.17, 15) is 4.79 Å². The summed E-state index contributed by atoms with van der Waals surface area (Å²) in [5.74, 6) is 0.778. The van der Waals surface area contributed by atoms with Gasteiger partial charge >= 0.3 is 6.03 Å². The van der Waals surface area contributed by atoms with Crippen LogP contribution in [0.25, 0.3) is 0 Å². The van der Waals surface area contributed by atoms with Crippen molar-refractivity contribution in [3.05, 3.63) is 29.8 Å². The summed E-state index contributed by atoms with van der Waals surface area (Å²) in [6, 6.07) is 9.23. The summed E-state index contributed by atoms with van der Waals surface area (Å²) in [6.45, 7) is 7.27. The Labute approximate surface area is 131 Å². The van der Waals surface area contributed by atoms with Crippen molar-refractivity contribution >= 4 is 6.03 Å². The fraction of sp³-hybridized carbons (Fsp3) is 0.500. The molecule has 6 nitrogen and oxygen atoms in total. The fourth-order valence-corrected chi connectivity index (χ4v) is 2.36. The first-order valence-electron chi connectivity index (χ1n) is 7.61. The summed E-state index contributed by atoms with van der Waals surface area (Å²) >= 11 is 0. The lowest BCUT2D eigenvalue weighted by atomic mass is 10.2. The molecule has 6 heteroatoms. The van der Waals surface area contributed by atoms with Gasteiger partial charge in [0, 0.05) is 39.3 Å². The van der Waals surface area contributed by atoms with Gasteiger partial charge in [-0.25, -0.2) is 4.79 Å². The molecule has 2 rings (SSSR count). The van der Waals surface area contributed by atoms with E-state index in [1.54, 1.807) is 12.1 Å². The lowest BCUT2D eigenvalue weighted by Gasteiger charge is -2.34. The number of benzene rings is 1. The highest BCUT2D eigenvalue weighted by Crippen LogP contribution is 2.11. The number of ether oxygens (including phenoxy) is 1. The van der Waals surface area contributed by atoms with Crippen LogP contribution in [0.2, 0.25) is 0 Å². The molecule has 2 amide bonds. The maximum absolute atomic E-state index is 11.7. The topological polar surface area (TPSA) is 68.6 Å². The highest BCUT2D eigenvalue weighted by atomic mass is 16.5. The highest BCUT2D eigenvalue weighted by Gasteiger charge is 2.20. The molecule has 0 radical (unpaired) electrons. The van der Waals surface area contributed by atoms with Gasteiger partial charge in [0.1, 0.15) is 12.4 Å². The van der Waals surface area contributed by atoms with Crippen molar-refractivity contribution in [3.8, 4) is 11.8 Å². The lowest BCUT2D eigenvalue weighted by molar-refractivity contribution is 0.126. The molecule has 0 atom stereocenters. The van der Waals surface area contributed by atoms with Gasteiger partial charge in [-0.3, -0.25) is 4.90 Å². The molecule has 0 bridgehead atoms. The van der Waals surface area contributed by atoms with Crippen molar-refractivity contribution in [1.82, 2.24) is 15.1 Å². The zero-order chi connectivity index (χ0) is 15.8. The van der Waals surface area contributed by atoms with Gasteiger partial charge in [0.25, 0.3) is 0 Å². The molecule has 1 N–H and O–H groups in total. The highest BCUT2D eigenvalue weighted by molar-refractivity contribution is 5.74. The Morgan fingerprint density at radius 1 is 1.27 bits per heavy atom. The third-order valence-corrected chi connectivity index (χ3v) is 3.65. The lowest BCUT2D eigenvalue weighted by Crippen LogP contribution is -2.52. The number of hydrogen-bond donors (Lipinski definition) is 1. The first-order chi connectivity index (χ1) is 10.7. The number of rotatable bonds is 5. The summed E-state index contributed by atoms with van der Waals surface area (Å²) in [6.07, 6.45) is 0. The molecule has 0 aromatic heterocycles. The van der Waals surface area contributed by atoms with Gasteiger partial charge in [-0.1, -0.05) is 0 Å². The average molecular weight is 302 g/mol. The summed E-state index contributed by atoms with van der Waals surface area (Å²) in [5.41, 5.74) is 0.633. The molecule has 0 saturated carbocycles. The van der Waals surface area contributed by atoms with Crippen LogP contribution in [0, 0.1) is 11.3 Å². The van der Waals surface area contributed by atoms with E-state index in [1.165, 1.54) is 0 Å². The Hall–Kier alpha value is -2.26. The second-order valence-electron chi connectivity index (χ2n) is 5.15. The van der Waals surface area contributed by atoms with E-state index in [-0.39, 0.29) is 6.03 Å². The zero-order valence-electron chi connectivity index (χ0n) is 12.9. The summed E-state index contributed by atoms with van der Waals surface area (Å²) in [5, 5.41) is 11.6. The number of nitrogens with one attached hydrogen (secondary N) is 1. The van der Waals surface area contributed by atoms with Crippen molar-refractivity contribution in [1.29, 1.82) is 5.26 Å². The smallest absolute Gasteiger partial charge is 0.317 e. The fourth-order valence-electron chi connectivity index (χ4n) is 2.36. The number of carbonyl (C=O) groups is 1. The standard InChI is InChI=1S/C16H22N4O2/c1-2-18-16(21)20-9-7-19(8-10-20)11-12-22-15-5-3-14(13-17)4-6-15/h3-6H,2,7-12H2,1H3,(H,18,21). The van der Waals surface area contributed by atoms with Gasteiger partial charge < -0.3 is 15.0 Å². The summed E-state index contributed by atoms with van der Waals surface area (Å²) < 4.78 is 5.68. The van der Waals surface area contributed by atoms with Gasteiger partial charge in [0.2, 0.25) is 0 Å². The number of nitrogens with zero attached hydrogens (tertiary/aromatic N) is 3. The normalized spacial score (nSPS) is 15.2. The number of amides is 2. The maximum Gasteiger partial charge on any atom is 0.317 e. The van der Waals surface area contributed by atoms with Crippen LogP contribution in [-0.2, 0) is 0 Å². The molecular formula is C16H22N4O2. The second-order valence-corrected chi connectivity index (χ2v) is 5.15. The Morgan fingerprint density at radius 3 is 2.55 bits per heavy atom. The molecular weight excluding hydrogens is 280 g/mol. The van der Waals surface area contributed by atoms with E-state index in [1.807, 2.05) is 24.0 Å². The molecule has 0 unspecified atom stereocenters. The van der Waals surface area contributed by atoms with Gasteiger partial charge in [-0.15, -0.1) is 0 Å². The van der Waals surface area contributed by atoms with Crippen LogP contribution in [0.5, 0.6) is 5.75 Å². The molecule has 1 heterocycles. The number of nitriles is 1. The molecule has 1 saturated heterocycles. The zero-order valence-corrected chi connectivity index (χ0v) is 12.9. The Morgan fingerprint density at radius 2 is 1.95 bits per heavy atom. The molecule has 1 aromatic rings. The van der Waals surface area contributed by atoms with Gasteiger partial charge in [0.15, 0.2) is 0 Å². The molecule has 1 aliphatic rings. The molecule has 0 aliphatic carbocycles. The Kier molecular flexibility index (Phi) is 6.04. The number of carbonyl (C=O) groups excluding carboxylic acids is 1. The van der Waals surface area contributed by atoms with E-state index >= 15 is 0 Å². The van der Waals surface area contributed by atoms with Crippen LogP contribution >= 0.6 is 0 Å². The number of urea groups is 1. The van der Waals surface area contributed by atoms with E-state index in [0.29, 0.717) is 18.7 Å².